The highest BCUT2D eigenvalue weighted by molar-refractivity contribution is 6.00. The number of aromatic nitrogens is 2. The Kier molecular flexibility index (Phi) is 10.0. The van der Waals surface area contributed by atoms with Gasteiger partial charge in [0.15, 0.2) is 6.29 Å². The number of nitrogens with zero attached hydrogens (tertiary/aromatic N) is 5. The van der Waals surface area contributed by atoms with E-state index in [9.17, 15) is 14.4 Å². The maximum atomic E-state index is 13.1. The van der Waals surface area contributed by atoms with Crippen LogP contribution in [0.5, 0.6) is 0 Å². The molecule has 3 heterocycles. The second-order valence-electron chi connectivity index (χ2n) is 10.2. The average Bonchev–Trinajstić information content (AvgIpc) is 3.48. The van der Waals surface area contributed by atoms with Crippen molar-refractivity contribution in [3.63, 3.8) is 0 Å². The molecule has 0 spiro atoms. The fourth-order valence-corrected chi connectivity index (χ4v) is 4.72. The number of urea groups is 1. The number of likely N-dealkylation sites (N-methyl/N-ethyl adjacent to an activating group) is 1. The van der Waals surface area contributed by atoms with Crippen molar-refractivity contribution in [2.45, 2.75) is 32.2 Å². The second-order valence-corrected chi connectivity index (χ2v) is 10.2. The summed E-state index contributed by atoms with van der Waals surface area (Å²) in [6.07, 6.45) is 7.00. The molecule has 0 atom stereocenters. The first-order valence-corrected chi connectivity index (χ1v) is 13.6. The first kappa shape index (κ1) is 29.0. The molecule has 40 heavy (non-hydrogen) atoms. The van der Waals surface area contributed by atoms with Gasteiger partial charge in [0, 0.05) is 64.1 Å². The van der Waals surface area contributed by atoms with Crippen LogP contribution >= 0.6 is 0 Å². The van der Waals surface area contributed by atoms with Gasteiger partial charge in [0.25, 0.3) is 0 Å². The number of piperazine rings is 1. The fraction of sp³-hybridized carbons (Fsp3) is 0.483. The first-order chi connectivity index (χ1) is 19.4. The number of aldehydes is 1. The Balaban J connectivity index is 1.45. The molecule has 1 saturated heterocycles. The molecule has 212 valence electrons. The summed E-state index contributed by atoms with van der Waals surface area (Å²) < 4.78 is 5.16. The van der Waals surface area contributed by atoms with Crippen molar-refractivity contribution in [3.05, 3.63) is 41.2 Å². The number of carbonyl (C=O) groups excluding carboxylic acids is 3. The lowest BCUT2D eigenvalue weighted by Gasteiger charge is -2.32. The fourth-order valence-electron chi connectivity index (χ4n) is 4.72. The number of methoxy groups -OCH3 is 1. The third kappa shape index (κ3) is 7.55. The summed E-state index contributed by atoms with van der Waals surface area (Å²) in [6, 6.07) is 4.68. The number of hydrogen-bond donors (Lipinski definition) is 2. The first-order valence-electron chi connectivity index (χ1n) is 13.6. The highest BCUT2D eigenvalue weighted by Crippen LogP contribution is 2.25. The van der Waals surface area contributed by atoms with E-state index in [1.54, 1.807) is 43.5 Å². The lowest BCUT2D eigenvalue weighted by Crippen LogP contribution is -2.48. The molecule has 1 aliphatic heterocycles. The number of anilines is 3. The zero-order chi connectivity index (χ0) is 28.5. The van der Waals surface area contributed by atoms with E-state index in [-0.39, 0.29) is 11.6 Å². The van der Waals surface area contributed by atoms with Gasteiger partial charge in [-0.3, -0.25) is 24.7 Å². The molecule has 4 rings (SSSR count). The molecule has 2 fully saturated rings. The van der Waals surface area contributed by atoms with E-state index in [2.05, 4.69) is 32.4 Å². The molecule has 1 aliphatic carbocycles. The molecule has 1 saturated carbocycles. The molecule has 0 aromatic carbocycles. The zero-order valence-corrected chi connectivity index (χ0v) is 23.4. The van der Waals surface area contributed by atoms with Crippen LogP contribution in [-0.2, 0) is 16.1 Å². The van der Waals surface area contributed by atoms with Gasteiger partial charge in [-0.15, -0.1) is 0 Å². The van der Waals surface area contributed by atoms with E-state index < -0.39 is 6.03 Å². The number of ether oxygens (including phenoxy) is 1. The Hall–Kier alpha value is -4.01. The Morgan fingerprint density at radius 2 is 2.08 bits per heavy atom. The van der Waals surface area contributed by atoms with E-state index in [0.29, 0.717) is 62.2 Å². The van der Waals surface area contributed by atoms with E-state index in [1.807, 2.05) is 11.9 Å². The SMILES string of the molecule is COCCNc1cc(NC(=O)N(C)c2ccc(CN3CCN(C)CC3=O)c(C=O)n2)ncc1C#CC1CCCC1. The molecule has 0 unspecified atom stereocenters. The third-order valence-electron chi connectivity index (χ3n) is 7.15. The topological polar surface area (TPSA) is 120 Å². The van der Waals surface area contributed by atoms with E-state index in [0.717, 1.165) is 30.6 Å². The largest absolute Gasteiger partial charge is 0.383 e. The molecule has 0 bridgehead atoms. The quantitative estimate of drug-likeness (QED) is 0.279. The summed E-state index contributed by atoms with van der Waals surface area (Å²) in [7, 11) is 5.10. The van der Waals surface area contributed by atoms with Crippen LogP contribution in [-0.4, -0.2) is 92.0 Å². The molecule has 2 aliphatic rings. The smallest absolute Gasteiger partial charge is 0.328 e. The Bertz CT molecular complexity index is 1280. The van der Waals surface area contributed by atoms with Gasteiger partial charge in [-0.1, -0.05) is 30.7 Å². The molecule has 0 radical (unpaired) electrons. The summed E-state index contributed by atoms with van der Waals surface area (Å²) in [5.41, 5.74) is 2.35. The molecular weight excluding hydrogens is 510 g/mol. The van der Waals surface area contributed by atoms with Gasteiger partial charge >= 0.3 is 6.03 Å². The Morgan fingerprint density at radius 3 is 2.80 bits per heavy atom. The van der Waals surface area contributed by atoms with E-state index in [4.69, 9.17) is 4.74 Å². The number of pyridine rings is 2. The van der Waals surface area contributed by atoms with Gasteiger partial charge in [0.05, 0.1) is 24.4 Å². The molecule has 2 aromatic heterocycles. The van der Waals surface area contributed by atoms with Crippen LogP contribution < -0.4 is 15.5 Å². The molecule has 11 nitrogen and oxygen atoms in total. The van der Waals surface area contributed by atoms with Crippen LogP contribution in [0.25, 0.3) is 0 Å². The molecule has 11 heteroatoms. The molecule has 2 N–H and O–H groups in total. The number of carbonyl (C=O) groups is 3. The zero-order valence-electron chi connectivity index (χ0n) is 23.4. The number of nitrogens with one attached hydrogen (secondary N) is 2. The van der Waals surface area contributed by atoms with Crippen molar-refractivity contribution < 1.29 is 19.1 Å². The van der Waals surface area contributed by atoms with Crippen LogP contribution in [0.15, 0.2) is 24.4 Å². The lowest BCUT2D eigenvalue weighted by atomic mass is 10.1. The maximum absolute atomic E-state index is 13.1. The van der Waals surface area contributed by atoms with Crippen molar-refractivity contribution in [1.82, 2.24) is 19.8 Å². The summed E-state index contributed by atoms with van der Waals surface area (Å²) in [5, 5.41) is 6.10. The summed E-state index contributed by atoms with van der Waals surface area (Å²) in [5.74, 6) is 7.68. The van der Waals surface area contributed by atoms with Crippen LogP contribution in [0.2, 0.25) is 0 Å². The molecule has 2 aromatic rings. The predicted molar refractivity (Wildman–Crippen MR) is 153 cm³/mol. The summed E-state index contributed by atoms with van der Waals surface area (Å²) >= 11 is 0. The normalized spacial score (nSPS) is 15.9. The van der Waals surface area contributed by atoms with Gasteiger partial charge in [-0.2, -0.15) is 0 Å². The van der Waals surface area contributed by atoms with Gasteiger partial charge in [0.1, 0.15) is 17.3 Å². The minimum absolute atomic E-state index is 0.00490. The van der Waals surface area contributed by atoms with Crippen molar-refractivity contribution in [3.8, 4) is 11.8 Å². The van der Waals surface area contributed by atoms with Gasteiger partial charge < -0.3 is 15.0 Å². The number of rotatable bonds is 9. The second kappa shape index (κ2) is 13.9. The van der Waals surface area contributed by atoms with Gasteiger partial charge in [-0.25, -0.2) is 14.8 Å². The van der Waals surface area contributed by atoms with E-state index >= 15 is 0 Å². The standard InChI is InChI=1S/C29H37N7O4/c1-34-13-14-36(28(38)19-34)18-23-10-11-27(32-25(23)20-37)35(2)29(39)33-26-16-24(30-12-15-40-3)22(17-31-26)9-8-21-6-4-5-7-21/h10-11,16-17,20-21H,4-7,12-15,18-19H2,1-3H3,(H2,30,31,33,39). The number of hydrogen-bond acceptors (Lipinski definition) is 8. The van der Waals surface area contributed by atoms with Crippen molar-refractivity contribution in [2.75, 3.05) is 69.5 Å². The molecular formula is C29H37N7O4. The highest BCUT2D eigenvalue weighted by atomic mass is 16.5. The van der Waals surface area contributed by atoms with Crippen molar-refractivity contribution >= 4 is 35.5 Å². The van der Waals surface area contributed by atoms with Gasteiger partial charge in [-0.05, 0) is 26.0 Å². The Labute approximate surface area is 235 Å². The van der Waals surface area contributed by atoms with E-state index in [1.165, 1.54) is 17.7 Å². The maximum Gasteiger partial charge on any atom is 0.328 e. The summed E-state index contributed by atoms with van der Waals surface area (Å²) in [4.78, 5) is 51.0. The van der Waals surface area contributed by atoms with Crippen LogP contribution in [0, 0.1) is 17.8 Å². The summed E-state index contributed by atoms with van der Waals surface area (Å²) in [6.45, 7) is 3.09. The van der Waals surface area contributed by atoms with Crippen LogP contribution in [0.1, 0.15) is 47.3 Å². The van der Waals surface area contributed by atoms with Crippen LogP contribution in [0.3, 0.4) is 0 Å². The van der Waals surface area contributed by atoms with Crippen LogP contribution in [0.4, 0.5) is 22.1 Å². The lowest BCUT2D eigenvalue weighted by molar-refractivity contribution is -0.136. The monoisotopic (exact) mass is 547 g/mol. The van der Waals surface area contributed by atoms with Crippen molar-refractivity contribution in [2.24, 2.45) is 5.92 Å². The third-order valence-corrected chi connectivity index (χ3v) is 7.15. The average molecular weight is 548 g/mol. The predicted octanol–water partition coefficient (Wildman–Crippen LogP) is 2.83. The highest BCUT2D eigenvalue weighted by Gasteiger charge is 2.23. The number of amides is 3. The Morgan fingerprint density at radius 1 is 1.27 bits per heavy atom. The minimum atomic E-state index is -0.466. The van der Waals surface area contributed by atoms with Crippen molar-refractivity contribution in [1.29, 1.82) is 0 Å². The molecule has 3 amide bonds. The minimum Gasteiger partial charge on any atom is -0.383 e. The van der Waals surface area contributed by atoms with Gasteiger partial charge in [0.2, 0.25) is 5.91 Å².